The SMILES string of the molecule is CCNC(=NCc1nnc(C)n1C)NCC(C)Oc1cccc(F)c1. The predicted molar refractivity (Wildman–Crippen MR) is 95.0 cm³/mol. The molecule has 0 aliphatic rings. The normalized spacial score (nSPS) is 12.8. The van der Waals surface area contributed by atoms with Crippen molar-refractivity contribution in [1.82, 2.24) is 25.4 Å². The van der Waals surface area contributed by atoms with Gasteiger partial charge >= 0.3 is 0 Å². The lowest BCUT2D eigenvalue weighted by molar-refractivity contribution is 0.223. The molecule has 0 aliphatic heterocycles. The third-order valence-corrected chi connectivity index (χ3v) is 3.60. The summed E-state index contributed by atoms with van der Waals surface area (Å²) in [6, 6.07) is 6.11. The van der Waals surface area contributed by atoms with Crippen molar-refractivity contribution in [3.63, 3.8) is 0 Å². The monoisotopic (exact) mass is 348 g/mol. The molecule has 136 valence electrons. The second-order valence-corrected chi connectivity index (χ2v) is 5.68. The van der Waals surface area contributed by atoms with Crippen molar-refractivity contribution < 1.29 is 9.13 Å². The van der Waals surface area contributed by atoms with Gasteiger partial charge in [0.1, 0.15) is 30.0 Å². The fraction of sp³-hybridized carbons (Fsp3) is 0.471. The molecule has 1 atom stereocenters. The highest BCUT2D eigenvalue weighted by Gasteiger charge is 2.08. The number of aryl methyl sites for hydroxylation is 1. The highest BCUT2D eigenvalue weighted by Crippen LogP contribution is 2.13. The quantitative estimate of drug-likeness (QED) is 0.589. The summed E-state index contributed by atoms with van der Waals surface area (Å²) in [5.41, 5.74) is 0. The van der Waals surface area contributed by atoms with Gasteiger partial charge in [0.15, 0.2) is 11.8 Å². The summed E-state index contributed by atoms with van der Waals surface area (Å²) < 4.78 is 20.8. The van der Waals surface area contributed by atoms with Crippen molar-refractivity contribution in [3.05, 3.63) is 41.7 Å². The lowest BCUT2D eigenvalue weighted by Crippen LogP contribution is -2.41. The number of nitrogens with zero attached hydrogens (tertiary/aromatic N) is 4. The second kappa shape index (κ2) is 9.00. The first-order chi connectivity index (χ1) is 12.0. The van der Waals surface area contributed by atoms with Crippen LogP contribution in [0.5, 0.6) is 5.75 Å². The molecule has 2 rings (SSSR count). The number of benzene rings is 1. The first kappa shape index (κ1) is 18.7. The van der Waals surface area contributed by atoms with Crippen LogP contribution in [0.3, 0.4) is 0 Å². The molecule has 0 saturated carbocycles. The van der Waals surface area contributed by atoms with E-state index in [-0.39, 0.29) is 11.9 Å². The maximum Gasteiger partial charge on any atom is 0.191 e. The average molecular weight is 348 g/mol. The third-order valence-electron chi connectivity index (χ3n) is 3.60. The summed E-state index contributed by atoms with van der Waals surface area (Å²) in [5.74, 6) is 2.49. The Hall–Kier alpha value is -2.64. The fourth-order valence-electron chi connectivity index (χ4n) is 2.13. The molecule has 0 aliphatic carbocycles. The minimum Gasteiger partial charge on any atom is -0.489 e. The number of nitrogens with one attached hydrogen (secondary N) is 2. The topological polar surface area (TPSA) is 76.4 Å². The molecule has 7 nitrogen and oxygen atoms in total. The van der Waals surface area contributed by atoms with Gasteiger partial charge in [-0.25, -0.2) is 9.38 Å². The molecule has 2 N–H and O–H groups in total. The molecule has 0 saturated heterocycles. The molecule has 0 amide bonds. The van der Waals surface area contributed by atoms with Crippen LogP contribution in [-0.4, -0.2) is 39.9 Å². The van der Waals surface area contributed by atoms with Crippen LogP contribution in [0.2, 0.25) is 0 Å². The van der Waals surface area contributed by atoms with Gasteiger partial charge in [0, 0.05) is 19.7 Å². The van der Waals surface area contributed by atoms with Crippen LogP contribution >= 0.6 is 0 Å². The van der Waals surface area contributed by atoms with Gasteiger partial charge in [-0.1, -0.05) is 6.07 Å². The molecule has 0 radical (unpaired) electrons. The van der Waals surface area contributed by atoms with Crippen molar-refractivity contribution in [3.8, 4) is 5.75 Å². The summed E-state index contributed by atoms with van der Waals surface area (Å²) >= 11 is 0. The Balaban J connectivity index is 1.89. The van der Waals surface area contributed by atoms with Crippen LogP contribution in [0.25, 0.3) is 0 Å². The average Bonchev–Trinajstić information content (AvgIpc) is 2.89. The number of aliphatic imine (C=N–C) groups is 1. The molecule has 0 bridgehead atoms. The number of guanidine groups is 1. The Kier molecular flexibility index (Phi) is 6.73. The number of hydrogen-bond donors (Lipinski definition) is 2. The minimum atomic E-state index is -0.313. The van der Waals surface area contributed by atoms with Gasteiger partial charge in [-0.05, 0) is 32.9 Å². The van der Waals surface area contributed by atoms with Crippen molar-refractivity contribution in [2.45, 2.75) is 33.4 Å². The maximum atomic E-state index is 13.2. The molecule has 0 fully saturated rings. The molecule has 1 unspecified atom stereocenters. The van der Waals surface area contributed by atoms with E-state index in [4.69, 9.17) is 4.74 Å². The molecule has 1 heterocycles. The summed E-state index contributed by atoms with van der Waals surface area (Å²) in [5, 5.41) is 14.5. The van der Waals surface area contributed by atoms with Gasteiger partial charge in [-0.15, -0.1) is 10.2 Å². The van der Waals surface area contributed by atoms with E-state index in [1.807, 2.05) is 32.4 Å². The van der Waals surface area contributed by atoms with E-state index in [2.05, 4.69) is 25.8 Å². The van der Waals surface area contributed by atoms with E-state index in [1.165, 1.54) is 12.1 Å². The van der Waals surface area contributed by atoms with Crippen LogP contribution in [0.15, 0.2) is 29.3 Å². The fourth-order valence-corrected chi connectivity index (χ4v) is 2.13. The van der Waals surface area contributed by atoms with Gasteiger partial charge in [-0.3, -0.25) is 0 Å². The van der Waals surface area contributed by atoms with Gasteiger partial charge in [0.2, 0.25) is 0 Å². The Morgan fingerprint density at radius 2 is 2.16 bits per heavy atom. The van der Waals surface area contributed by atoms with Crippen molar-refractivity contribution >= 4 is 5.96 Å². The molecule has 25 heavy (non-hydrogen) atoms. The summed E-state index contributed by atoms with van der Waals surface area (Å²) in [6.45, 7) is 7.49. The largest absolute Gasteiger partial charge is 0.489 e. The Morgan fingerprint density at radius 3 is 2.80 bits per heavy atom. The van der Waals surface area contributed by atoms with Crippen molar-refractivity contribution in [2.75, 3.05) is 13.1 Å². The van der Waals surface area contributed by atoms with E-state index >= 15 is 0 Å². The smallest absolute Gasteiger partial charge is 0.191 e. The van der Waals surface area contributed by atoms with Crippen LogP contribution in [-0.2, 0) is 13.6 Å². The first-order valence-corrected chi connectivity index (χ1v) is 8.29. The van der Waals surface area contributed by atoms with Crippen LogP contribution in [0.4, 0.5) is 4.39 Å². The predicted octanol–water partition coefficient (Wildman–Crippen LogP) is 1.79. The van der Waals surface area contributed by atoms with Gasteiger partial charge < -0.3 is 19.9 Å². The number of rotatable bonds is 7. The lowest BCUT2D eigenvalue weighted by Gasteiger charge is -2.17. The molecular formula is C17H25FN6O. The molecular weight excluding hydrogens is 323 g/mol. The van der Waals surface area contributed by atoms with Gasteiger partial charge in [0.25, 0.3) is 0 Å². The zero-order valence-corrected chi connectivity index (χ0v) is 15.1. The number of hydrogen-bond acceptors (Lipinski definition) is 4. The number of aromatic nitrogens is 3. The minimum absolute atomic E-state index is 0.150. The highest BCUT2D eigenvalue weighted by molar-refractivity contribution is 5.79. The first-order valence-electron chi connectivity index (χ1n) is 8.29. The number of halogens is 1. The number of ether oxygens (including phenoxy) is 1. The van der Waals surface area contributed by atoms with Crippen LogP contribution in [0.1, 0.15) is 25.5 Å². The Bertz CT molecular complexity index is 715. The molecule has 2 aromatic rings. The van der Waals surface area contributed by atoms with E-state index < -0.39 is 0 Å². The molecule has 1 aromatic carbocycles. The van der Waals surface area contributed by atoms with E-state index in [9.17, 15) is 4.39 Å². The van der Waals surface area contributed by atoms with Crippen LogP contribution < -0.4 is 15.4 Å². The lowest BCUT2D eigenvalue weighted by atomic mass is 10.3. The highest BCUT2D eigenvalue weighted by atomic mass is 19.1. The molecule has 0 spiro atoms. The van der Waals surface area contributed by atoms with E-state index in [0.717, 1.165) is 18.2 Å². The van der Waals surface area contributed by atoms with Crippen LogP contribution in [0, 0.1) is 12.7 Å². The zero-order valence-electron chi connectivity index (χ0n) is 15.1. The van der Waals surface area contributed by atoms with Crippen molar-refractivity contribution in [1.29, 1.82) is 0 Å². The Morgan fingerprint density at radius 1 is 1.36 bits per heavy atom. The third kappa shape index (κ3) is 5.74. The molecule has 8 heteroatoms. The second-order valence-electron chi connectivity index (χ2n) is 5.68. The van der Waals surface area contributed by atoms with E-state index in [0.29, 0.717) is 24.8 Å². The van der Waals surface area contributed by atoms with Crippen molar-refractivity contribution in [2.24, 2.45) is 12.0 Å². The molecule has 1 aromatic heterocycles. The Labute approximate surface area is 147 Å². The van der Waals surface area contributed by atoms with Gasteiger partial charge in [0.05, 0.1) is 6.54 Å². The maximum absolute atomic E-state index is 13.2. The standard InChI is InChI=1S/C17H25FN6O/c1-5-19-17(21-11-16-23-22-13(3)24(16)4)20-10-12(2)25-15-8-6-7-14(18)9-15/h6-9,12H,5,10-11H2,1-4H3,(H2,19,20,21). The summed E-state index contributed by atoms with van der Waals surface area (Å²) in [7, 11) is 1.91. The summed E-state index contributed by atoms with van der Waals surface area (Å²) in [4.78, 5) is 4.51. The summed E-state index contributed by atoms with van der Waals surface area (Å²) in [6.07, 6.45) is -0.150. The van der Waals surface area contributed by atoms with E-state index in [1.54, 1.807) is 12.1 Å². The zero-order chi connectivity index (χ0) is 18.2. The van der Waals surface area contributed by atoms with Gasteiger partial charge in [-0.2, -0.15) is 0 Å².